The smallest absolute Gasteiger partial charge is 0.258 e. The van der Waals surface area contributed by atoms with Crippen molar-refractivity contribution in [3.63, 3.8) is 0 Å². The quantitative estimate of drug-likeness (QED) is 0.410. The van der Waals surface area contributed by atoms with Gasteiger partial charge in [0.25, 0.3) is 5.91 Å². The Kier molecular flexibility index (Phi) is 7.65. The number of hydrogen-bond acceptors (Lipinski definition) is 5. The van der Waals surface area contributed by atoms with Crippen LogP contribution in [0.3, 0.4) is 0 Å². The summed E-state index contributed by atoms with van der Waals surface area (Å²) >= 11 is 0. The number of carbonyl (C=O) groups excluding carboxylic acids is 2. The van der Waals surface area contributed by atoms with E-state index in [0.29, 0.717) is 24.4 Å². The van der Waals surface area contributed by atoms with Gasteiger partial charge in [-0.05, 0) is 49.8 Å². The van der Waals surface area contributed by atoms with Crippen molar-refractivity contribution in [2.24, 2.45) is 7.05 Å². The minimum Gasteiger partial charge on any atom is -0.341 e. The number of likely N-dealkylation sites (N-methyl/N-ethyl adjacent to an activating group) is 1. The first kappa shape index (κ1) is 25.4. The van der Waals surface area contributed by atoms with Gasteiger partial charge in [0.1, 0.15) is 0 Å². The zero-order chi connectivity index (χ0) is 26.5. The molecule has 1 fully saturated rings. The van der Waals surface area contributed by atoms with Gasteiger partial charge in [-0.25, -0.2) is 4.98 Å². The van der Waals surface area contributed by atoms with Crippen LogP contribution in [0.25, 0.3) is 16.8 Å². The summed E-state index contributed by atoms with van der Waals surface area (Å²) in [7, 11) is 3.95. The van der Waals surface area contributed by atoms with Crippen molar-refractivity contribution < 1.29 is 9.59 Å². The first-order chi connectivity index (χ1) is 18.5. The molecule has 1 N–H and O–H groups in total. The molecule has 0 saturated carbocycles. The third kappa shape index (κ3) is 6.00. The summed E-state index contributed by atoms with van der Waals surface area (Å²) in [6.07, 6.45) is 7.47. The molecule has 9 heteroatoms. The highest BCUT2D eigenvalue weighted by Crippen LogP contribution is 2.22. The van der Waals surface area contributed by atoms with Crippen LogP contribution in [-0.2, 0) is 18.3 Å². The molecule has 0 radical (unpaired) electrons. The predicted molar refractivity (Wildman–Crippen MR) is 147 cm³/mol. The van der Waals surface area contributed by atoms with Gasteiger partial charge in [0, 0.05) is 68.7 Å². The van der Waals surface area contributed by atoms with E-state index in [2.05, 4.69) is 22.4 Å². The lowest BCUT2D eigenvalue weighted by Gasteiger charge is -2.20. The van der Waals surface area contributed by atoms with Gasteiger partial charge >= 0.3 is 0 Å². The van der Waals surface area contributed by atoms with Gasteiger partial charge in [-0.3, -0.25) is 24.2 Å². The summed E-state index contributed by atoms with van der Waals surface area (Å²) < 4.78 is 3.60. The molecule has 2 amide bonds. The summed E-state index contributed by atoms with van der Waals surface area (Å²) in [5.41, 5.74) is 4.02. The van der Waals surface area contributed by atoms with Gasteiger partial charge < -0.3 is 9.80 Å². The lowest BCUT2D eigenvalue weighted by atomic mass is 10.1. The molecule has 196 valence electrons. The molecule has 0 spiro atoms. The minimum absolute atomic E-state index is 0.146. The Labute approximate surface area is 222 Å². The maximum atomic E-state index is 13.3. The van der Waals surface area contributed by atoms with Crippen molar-refractivity contribution in [1.82, 2.24) is 29.1 Å². The molecule has 0 atom stereocenters. The molecule has 3 heterocycles. The highest BCUT2D eigenvalue weighted by molar-refractivity contribution is 6.04. The summed E-state index contributed by atoms with van der Waals surface area (Å²) in [4.78, 5) is 35.1. The van der Waals surface area contributed by atoms with Crippen molar-refractivity contribution in [2.75, 3.05) is 38.5 Å². The number of anilines is 1. The average Bonchev–Trinajstić information content (AvgIpc) is 3.48. The van der Waals surface area contributed by atoms with Gasteiger partial charge in [0.2, 0.25) is 11.9 Å². The summed E-state index contributed by atoms with van der Waals surface area (Å²) in [5, 5.41) is 7.21. The van der Waals surface area contributed by atoms with Crippen LogP contribution in [0, 0.1) is 0 Å². The Morgan fingerprint density at radius 2 is 1.76 bits per heavy atom. The van der Waals surface area contributed by atoms with Crippen LogP contribution in [0.5, 0.6) is 0 Å². The number of benzene rings is 2. The van der Waals surface area contributed by atoms with E-state index in [-0.39, 0.29) is 11.8 Å². The van der Waals surface area contributed by atoms with Gasteiger partial charge in [0.15, 0.2) is 0 Å². The fourth-order valence-corrected chi connectivity index (χ4v) is 4.70. The van der Waals surface area contributed by atoms with E-state index in [0.717, 1.165) is 55.1 Å². The fourth-order valence-electron chi connectivity index (χ4n) is 4.70. The van der Waals surface area contributed by atoms with Crippen LogP contribution in [0.2, 0.25) is 0 Å². The molecule has 1 saturated heterocycles. The number of hydrogen-bond donors (Lipinski definition) is 1. The number of para-hydroxylation sites is 1. The van der Waals surface area contributed by atoms with E-state index in [9.17, 15) is 9.59 Å². The number of amides is 2. The van der Waals surface area contributed by atoms with Gasteiger partial charge in [0.05, 0.1) is 11.9 Å². The number of aromatic nitrogens is 4. The summed E-state index contributed by atoms with van der Waals surface area (Å²) in [6.45, 7) is 3.46. The number of carbonyl (C=O) groups is 2. The maximum absolute atomic E-state index is 13.3. The van der Waals surface area contributed by atoms with Gasteiger partial charge in [-0.1, -0.05) is 30.3 Å². The van der Waals surface area contributed by atoms with E-state index in [4.69, 9.17) is 4.98 Å². The van der Waals surface area contributed by atoms with E-state index >= 15 is 0 Å². The monoisotopic (exact) mass is 511 g/mol. The topological polar surface area (TPSA) is 88.3 Å². The molecule has 1 aliphatic rings. The zero-order valence-corrected chi connectivity index (χ0v) is 21.9. The minimum atomic E-state index is -0.255. The van der Waals surface area contributed by atoms with Crippen molar-refractivity contribution >= 4 is 17.8 Å². The molecule has 2 aromatic carbocycles. The van der Waals surface area contributed by atoms with Crippen LogP contribution in [0.4, 0.5) is 5.95 Å². The molecule has 1 aliphatic heterocycles. The van der Waals surface area contributed by atoms with Crippen LogP contribution in [-0.4, -0.2) is 74.2 Å². The molecule has 2 aromatic heterocycles. The number of aryl methyl sites for hydroxylation is 2. The molecule has 0 bridgehead atoms. The molecule has 0 aliphatic carbocycles. The highest BCUT2D eigenvalue weighted by atomic mass is 16.2. The van der Waals surface area contributed by atoms with Gasteiger partial charge in [-0.15, -0.1) is 0 Å². The molecular formula is C29H33N7O2. The first-order valence-electron chi connectivity index (χ1n) is 13.0. The predicted octanol–water partition coefficient (Wildman–Crippen LogP) is 3.62. The first-order valence-corrected chi connectivity index (χ1v) is 13.0. The number of imidazole rings is 1. The number of rotatable bonds is 7. The largest absolute Gasteiger partial charge is 0.341 e. The molecule has 38 heavy (non-hydrogen) atoms. The second-order valence-corrected chi connectivity index (χ2v) is 9.74. The molecular weight excluding hydrogens is 478 g/mol. The SMILES string of the molecule is CN1CCCN(C(=O)CCc2cn(-c3ccccc3)c(NC(=O)c3cccc(-c4cnn(C)c4)c3)n2)CC1. The lowest BCUT2D eigenvalue weighted by molar-refractivity contribution is -0.131. The van der Waals surface area contributed by atoms with Crippen molar-refractivity contribution in [2.45, 2.75) is 19.3 Å². The van der Waals surface area contributed by atoms with E-state index < -0.39 is 0 Å². The zero-order valence-electron chi connectivity index (χ0n) is 21.9. The molecule has 9 nitrogen and oxygen atoms in total. The van der Waals surface area contributed by atoms with Crippen LogP contribution in [0.15, 0.2) is 73.2 Å². The summed E-state index contributed by atoms with van der Waals surface area (Å²) in [5.74, 6) is 0.314. The maximum Gasteiger partial charge on any atom is 0.258 e. The Balaban J connectivity index is 1.33. The van der Waals surface area contributed by atoms with Crippen LogP contribution >= 0.6 is 0 Å². The van der Waals surface area contributed by atoms with E-state index in [1.807, 2.05) is 77.4 Å². The van der Waals surface area contributed by atoms with Crippen molar-refractivity contribution in [3.8, 4) is 16.8 Å². The molecule has 5 rings (SSSR count). The summed E-state index contributed by atoms with van der Waals surface area (Å²) in [6, 6.07) is 17.2. The number of nitrogens with one attached hydrogen (secondary N) is 1. The third-order valence-corrected chi connectivity index (χ3v) is 6.85. The van der Waals surface area contributed by atoms with Gasteiger partial charge in [-0.2, -0.15) is 5.10 Å². The Hall–Kier alpha value is -4.24. The molecule has 4 aromatic rings. The highest BCUT2D eigenvalue weighted by Gasteiger charge is 2.19. The lowest BCUT2D eigenvalue weighted by Crippen LogP contribution is -2.34. The Morgan fingerprint density at radius 1 is 0.921 bits per heavy atom. The van der Waals surface area contributed by atoms with Crippen molar-refractivity contribution in [1.29, 1.82) is 0 Å². The third-order valence-electron chi connectivity index (χ3n) is 6.85. The van der Waals surface area contributed by atoms with Crippen LogP contribution in [0.1, 0.15) is 28.9 Å². The standard InChI is InChI=1S/C29H33N7O2/c1-33-14-7-15-35(17-16-33)27(37)13-12-25-21-36(26-10-4-3-5-11-26)29(31-25)32-28(38)23-9-6-8-22(18-23)24-19-30-34(2)20-24/h3-6,8-11,18-21H,7,12-17H2,1-2H3,(H,31,32,38). The van der Waals surface area contributed by atoms with E-state index in [1.165, 1.54) is 0 Å². The fraction of sp³-hybridized carbons (Fsp3) is 0.310. The normalized spacial score (nSPS) is 14.3. The number of nitrogens with zero attached hydrogens (tertiary/aromatic N) is 6. The Morgan fingerprint density at radius 3 is 2.55 bits per heavy atom. The van der Waals surface area contributed by atoms with Crippen LogP contribution < -0.4 is 5.32 Å². The Bertz CT molecular complexity index is 1410. The average molecular weight is 512 g/mol. The second kappa shape index (κ2) is 11.4. The molecule has 0 unspecified atom stereocenters. The second-order valence-electron chi connectivity index (χ2n) is 9.74. The van der Waals surface area contributed by atoms with E-state index in [1.54, 1.807) is 16.9 Å². The van der Waals surface area contributed by atoms with Crippen molar-refractivity contribution in [3.05, 3.63) is 84.4 Å².